The van der Waals surface area contributed by atoms with Crippen LogP contribution in [0.3, 0.4) is 0 Å². The van der Waals surface area contributed by atoms with Gasteiger partial charge in [0.05, 0.1) is 18.9 Å². The zero-order chi connectivity index (χ0) is 13.5. The summed E-state index contributed by atoms with van der Waals surface area (Å²) in [6.45, 7) is 4.34. The Morgan fingerprint density at radius 1 is 1.32 bits per heavy atom. The number of amidine groups is 1. The van der Waals surface area contributed by atoms with E-state index in [1.54, 1.807) is 19.2 Å². The van der Waals surface area contributed by atoms with Crippen molar-refractivity contribution < 1.29 is 13.2 Å². The number of hydrazine groups is 1. The van der Waals surface area contributed by atoms with Gasteiger partial charge in [0.25, 0.3) is 10.0 Å². The first-order chi connectivity index (χ1) is 9.09. The van der Waals surface area contributed by atoms with Gasteiger partial charge in [0.2, 0.25) is 0 Å². The third kappa shape index (κ3) is 2.11. The van der Waals surface area contributed by atoms with Crippen LogP contribution in [0.25, 0.3) is 0 Å². The second-order valence-electron chi connectivity index (χ2n) is 4.33. The number of aromatic nitrogens is 1. The van der Waals surface area contributed by atoms with Crippen LogP contribution in [0.5, 0.6) is 0 Å². The van der Waals surface area contributed by atoms with E-state index in [2.05, 4.69) is 9.38 Å². The van der Waals surface area contributed by atoms with E-state index in [1.165, 1.54) is 6.20 Å². The van der Waals surface area contributed by atoms with E-state index in [1.807, 2.05) is 10.0 Å². The Bertz CT molecular complexity index is 623. The summed E-state index contributed by atoms with van der Waals surface area (Å²) >= 11 is 0. The first-order valence-electron chi connectivity index (χ1n) is 5.98. The van der Waals surface area contributed by atoms with E-state index in [-0.39, 0.29) is 4.90 Å². The summed E-state index contributed by atoms with van der Waals surface area (Å²) in [7, 11) is -3.64. The zero-order valence-corrected chi connectivity index (χ0v) is 11.3. The molecule has 8 heteroatoms. The van der Waals surface area contributed by atoms with Crippen LogP contribution >= 0.6 is 0 Å². The third-order valence-corrected chi connectivity index (χ3v) is 4.47. The number of pyridine rings is 1. The summed E-state index contributed by atoms with van der Waals surface area (Å²) in [5.74, 6) is 0.445. The third-order valence-electron chi connectivity index (χ3n) is 3.10. The van der Waals surface area contributed by atoms with Crippen molar-refractivity contribution in [1.29, 1.82) is 0 Å². The van der Waals surface area contributed by atoms with Crippen molar-refractivity contribution >= 4 is 21.5 Å². The number of fused-ring (bicyclic) bond motifs is 1. The largest absolute Gasteiger partial charge is 0.379 e. The predicted molar refractivity (Wildman–Crippen MR) is 69.4 cm³/mol. The summed E-state index contributed by atoms with van der Waals surface area (Å²) in [4.78, 5) is 4.03. The van der Waals surface area contributed by atoms with Gasteiger partial charge in [-0.1, -0.05) is 0 Å². The highest BCUT2D eigenvalue weighted by atomic mass is 32.2. The maximum Gasteiger partial charge on any atom is 0.287 e. The monoisotopic (exact) mass is 282 g/mol. The number of hydrogen-bond donors (Lipinski definition) is 0. The molecule has 7 nitrogen and oxygen atoms in total. The molecule has 3 heterocycles. The average molecular weight is 282 g/mol. The molecule has 1 fully saturated rings. The van der Waals surface area contributed by atoms with Crippen LogP contribution in [-0.4, -0.2) is 50.5 Å². The van der Waals surface area contributed by atoms with Crippen molar-refractivity contribution in [2.45, 2.75) is 11.8 Å². The molecular formula is C11H14N4O3S. The van der Waals surface area contributed by atoms with Crippen molar-refractivity contribution in [3.05, 3.63) is 18.5 Å². The zero-order valence-electron chi connectivity index (χ0n) is 10.5. The Balaban J connectivity index is 2.10. The Morgan fingerprint density at radius 3 is 2.79 bits per heavy atom. The summed E-state index contributed by atoms with van der Waals surface area (Å²) in [6.07, 6.45) is 2.93. The number of morpholine rings is 1. The lowest BCUT2D eigenvalue weighted by molar-refractivity contribution is 0.0391. The van der Waals surface area contributed by atoms with E-state index in [9.17, 15) is 8.42 Å². The molecule has 0 spiro atoms. The number of ether oxygens (including phenoxy) is 1. The van der Waals surface area contributed by atoms with Crippen LogP contribution in [-0.2, 0) is 14.8 Å². The fourth-order valence-corrected chi connectivity index (χ4v) is 3.43. The van der Waals surface area contributed by atoms with E-state index in [4.69, 9.17) is 4.74 Å². The van der Waals surface area contributed by atoms with Crippen LogP contribution in [0.2, 0.25) is 0 Å². The molecule has 19 heavy (non-hydrogen) atoms. The minimum absolute atomic E-state index is 0.145. The molecule has 0 aromatic carbocycles. The second-order valence-corrected chi connectivity index (χ2v) is 5.91. The molecule has 0 N–H and O–H groups in total. The topological polar surface area (TPSA) is 75.1 Å². The first kappa shape index (κ1) is 12.5. The van der Waals surface area contributed by atoms with Crippen molar-refractivity contribution in [2.24, 2.45) is 4.40 Å². The summed E-state index contributed by atoms with van der Waals surface area (Å²) < 4.78 is 33.1. The van der Waals surface area contributed by atoms with E-state index in [0.717, 1.165) is 0 Å². The average Bonchev–Trinajstić information content (AvgIpc) is 2.39. The van der Waals surface area contributed by atoms with Crippen LogP contribution in [0.1, 0.15) is 6.92 Å². The van der Waals surface area contributed by atoms with Gasteiger partial charge in [-0.15, -0.1) is 4.40 Å². The Hall–Kier alpha value is -1.51. The number of anilines is 1. The first-order valence-corrected chi connectivity index (χ1v) is 7.42. The highest BCUT2D eigenvalue weighted by molar-refractivity contribution is 7.90. The summed E-state index contributed by atoms with van der Waals surface area (Å²) in [5.41, 5.74) is 0.601. The highest BCUT2D eigenvalue weighted by Gasteiger charge is 2.32. The van der Waals surface area contributed by atoms with Crippen molar-refractivity contribution in [1.82, 2.24) is 9.99 Å². The fourth-order valence-electron chi connectivity index (χ4n) is 2.29. The summed E-state index contributed by atoms with van der Waals surface area (Å²) in [6, 6.07) is 1.69. The molecule has 3 rings (SSSR count). The smallest absolute Gasteiger partial charge is 0.287 e. The van der Waals surface area contributed by atoms with Crippen molar-refractivity contribution in [3.8, 4) is 0 Å². The molecule has 0 bridgehead atoms. The van der Waals surface area contributed by atoms with Gasteiger partial charge < -0.3 is 4.74 Å². The van der Waals surface area contributed by atoms with Crippen molar-refractivity contribution in [3.63, 3.8) is 0 Å². The SMILES string of the molecule is CC1=NS(=O)(=O)c2cnccc2N1N1CCOCC1. The Kier molecular flexibility index (Phi) is 3.00. The number of hydrogen-bond acceptors (Lipinski definition) is 6. The maximum absolute atomic E-state index is 12.0. The van der Waals surface area contributed by atoms with Crippen molar-refractivity contribution in [2.75, 3.05) is 31.3 Å². The molecule has 0 amide bonds. The predicted octanol–water partition coefficient (Wildman–Crippen LogP) is 0.256. The van der Waals surface area contributed by atoms with E-state index < -0.39 is 10.0 Å². The van der Waals surface area contributed by atoms with Crippen LogP contribution in [0.15, 0.2) is 27.8 Å². The van der Waals surface area contributed by atoms with Gasteiger partial charge in [-0.3, -0.25) is 9.99 Å². The van der Waals surface area contributed by atoms with Gasteiger partial charge in [0, 0.05) is 25.5 Å². The molecule has 0 radical (unpaired) electrons. The molecule has 2 aliphatic heterocycles. The highest BCUT2D eigenvalue weighted by Crippen LogP contribution is 2.31. The van der Waals surface area contributed by atoms with Crippen LogP contribution < -0.4 is 5.01 Å². The quantitative estimate of drug-likeness (QED) is 0.735. The van der Waals surface area contributed by atoms with Gasteiger partial charge in [-0.2, -0.15) is 8.42 Å². The minimum Gasteiger partial charge on any atom is -0.379 e. The number of rotatable bonds is 1. The van der Waals surface area contributed by atoms with Gasteiger partial charge in [0.15, 0.2) is 0 Å². The lowest BCUT2D eigenvalue weighted by atomic mass is 10.3. The molecule has 102 valence electrons. The molecule has 1 aromatic rings. The standard InChI is InChI=1S/C11H14N4O3S/c1-9-13-19(16,17)11-8-12-3-2-10(11)15(9)14-4-6-18-7-5-14/h2-3,8H,4-7H2,1H3. The molecule has 1 aromatic heterocycles. The minimum atomic E-state index is -3.64. The molecule has 0 aliphatic carbocycles. The maximum atomic E-state index is 12.0. The number of sulfonamides is 1. The summed E-state index contributed by atoms with van der Waals surface area (Å²) in [5, 5.41) is 3.87. The molecule has 2 aliphatic rings. The lowest BCUT2D eigenvalue weighted by Crippen LogP contribution is -2.52. The van der Waals surface area contributed by atoms with Crippen LogP contribution in [0.4, 0.5) is 5.69 Å². The van der Waals surface area contributed by atoms with E-state index in [0.29, 0.717) is 37.8 Å². The Morgan fingerprint density at radius 2 is 2.05 bits per heavy atom. The number of nitrogens with zero attached hydrogens (tertiary/aromatic N) is 4. The second kappa shape index (κ2) is 4.55. The molecule has 0 unspecified atom stereocenters. The Labute approximate surface area is 111 Å². The van der Waals surface area contributed by atoms with Gasteiger partial charge in [-0.25, -0.2) is 5.01 Å². The molecule has 0 saturated carbocycles. The molecule has 0 atom stereocenters. The molecule has 1 saturated heterocycles. The fraction of sp³-hybridized carbons (Fsp3) is 0.455. The van der Waals surface area contributed by atoms with E-state index >= 15 is 0 Å². The normalized spacial score (nSPS) is 22.8. The van der Waals surface area contributed by atoms with Gasteiger partial charge >= 0.3 is 0 Å². The lowest BCUT2D eigenvalue weighted by Gasteiger charge is -2.40. The molecular weight excluding hydrogens is 268 g/mol. The van der Waals surface area contributed by atoms with Gasteiger partial charge in [-0.05, 0) is 13.0 Å². The van der Waals surface area contributed by atoms with Crippen LogP contribution in [0, 0.1) is 0 Å². The van der Waals surface area contributed by atoms with Gasteiger partial charge in [0.1, 0.15) is 10.7 Å².